The topological polar surface area (TPSA) is 38.9 Å². The maximum atomic E-state index is 5.95. The molecule has 1 aromatic carbocycles. The van der Waals surface area contributed by atoms with Gasteiger partial charge >= 0.3 is 0 Å². The minimum Gasteiger partial charge on any atom is -0.398 e. The van der Waals surface area contributed by atoms with Gasteiger partial charge in [0.15, 0.2) is 0 Å². The second-order valence-electron chi connectivity index (χ2n) is 3.14. The molecule has 72 valence electrons. The Bertz CT molecular complexity index is 464. The van der Waals surface area contributed by atoms with Crippen LogP contribution in [0.3, 0.4) is 0 Å². The van der Waals surface area contributed by atoms with Crippen LogP contribution >= 0.6 is 34.2 Å². The van der Waals surface area contributed by atoms with Crippen LogP contribution in [0.25, 0.3) is 10.9 Å². The first-order valence-electron chi connectivity index (χ1n) is 4.10. The first-order valence-corrected chi connectivity index (χ1v) is 5.55. The number of fused-ring (bicyclic) bond motifs is 1. The van der Waals surface area contributed by atoms with Crippen molar-refractivity contribution in [2.45, 2.75) is 6.92 Å². The van der Waals surface area contributed by atoms with Crippen LogP contribution in [0.15, 0.2) is 18.2 Å². The zero-order valence-corrected chi connectivity index (χ0v) is 10.4. The molecule has 0 unspecified atom stereocenters. The van der Waals surface area contributed by atoms with Gasteiger partial charge in [0.25, 0.3) is 0 Å². The lowest BCUT2D eigenvalue weighted by atomic mass is 10.1. The molecule has 0 atom stereocenters. The quantitative estimate of drug-likeness (QED) is 0.756. The van der Waals surface area contributed by atoms with Gasteiger partial charge in [0.05, 0.1) is 5.52 Å². The highest BCUT2D eigenvalue weighted by atomic mass is 127. The number of aryl methyl sites for hydroxylation is 1. The van der Waals surface area contributed by atoms with E-state index in [2.05, 4.69) is 27.6 Å². The van der Waals surface area contributed by atoms with Crippen LogP contribution in [0, 0.1) is 10.5 Å². The molecule has 0 fully saturated rings. The van der Waals surface area contributed by atoms with E-state index in [4.69, 9.17) is 17.3 Å². The number of aromatic nitrogens is 1. The molecule has 0 spiro atoms. The van der Waals surface area contributed by atoms with E-state index in [1.54, 1.807) is 0 Å². The van der Waals surface area contributed by atoms with Gasteiger partial charge in [-0.25, -0.2) is 0 Å². The van der Waals surface area contributed by atoms with E-state index in [-0.39, 0.29) is 0 Å². The minimum atomic E-state index is 0.694. The summed E-state index contributed by atoms with van der Waals surface area (Å²) >= 11 is 8.16. The Hall–Kier alpha value is -0.550. The molecule has 1 aromatic heterocycles. The molecular weight excluding hydrogens is 310 g/mol. The molecule has 2 nitrogen and oxygen atoms in total. The van der Waals surface area contributed by atoms with Crippen molar-refractivity contribution < 1.29 is 0 Å². The second-order valence-corrected chi connectivity index (χ2v) is 4.74. The van der Waals surface area contributed by atoms with Crippen LogP contribution in [0.4, 0.5) is 5.69 Å². The van der Waals surface area contributed by atoms with E-state index in [1.165, 1.54) is 0 Å². The lowest BCUT2D eigenvalue weighted by molar-refractivity contribution is 1.25. The summed E-state index contributed by atoms with van der Waals surface area (Å²) in [7, 11) is 0. The average Bonchev–Trinajstić information content (AvgIpc) is 2.07. The van der Waals surface area contributed by atoms with Gasteiger partial charge in [-0.05, 0) is 47.7 Å². The third kappa shape index (κ3) is 1.66. The highest BCUT2D eigenvalue weighted by Gasteiger charge is 2.06. The molecule has 2 rings (SSSR count). The summed E-state index contributed by atoms with van der Waals surface area (Å²) in [5.74, 6) is 0. The number of hydrogen-bond acceptors (Lipinski definition) is 2. The third-order valence-corrected chi connectivity index (χ3v) is 3.03. The smallest absolute Gasteiger partial charge is 0.0860 e. The molecule has 0 aliphatic carbocycles. The van der Waals surface area contributed by atoms with Crippen LogP contribution in [-0.2, 0) is 0 Å². The van der Waals surface area contributed by atoms with Crippen molar-refractivity contribution in [1.29, 1.82) is 0 Å². The SMILES string of the molecule is Cc1cc(N)c2cc(Cl)cc(I)c2n1. The monoisotopic (exact) mass is 318 g/mol. The Balaban J connectivity index is 2.94. The second kappa shape index (κ2) is 3.55. The van der Waals surface area contributed by atoms with E-state index in [0.717, 1.165) is 25.9 Å². The maximum Gasteiger partial charge on any atom is 0.0860 e. The summed E-state index contributed by atoms with van der Waals surface area (Å²) in [6.07, 6.45) is 0. The van der Waals surface area contributed by atoms with Gasteiger partial charge in [-0.2, -0.15) is 0 Å². The van der Waals surface area contributed by atoms with Gasteiger partial charge in [0.1, 0.15) is 0 Å². The number of nitrogens with zero attached hydrogens (tertiary/aromatic N) is 1. The molecule has 0 radical (unpaired) electrons. The number of halogens is 2. The van der Waals surface area contributed by atoms with Crippen LogP contribution in [0.5, 0.6) is 0 Å². The fraction of sp³-hybridized carbons (Fsp3) is 0.100. The summed E-state index contributed by atoms with van der Waals surface area (Å²) in [5, 5.41) is 1.62. The summed E-state index contributed by atoms with van der Waals surface area (Å²) < 4.78 is 1.03. The van der Waals surface area contributed by atoms with Gasteiger partial charge in [-0.1, -0.05) is 11.6 Å². The van der Waals surface area contributed by atoms with Crippen LogP contribution in [-0.4, -0.2) is 4.98 Å². The predicted molar refractivity (Wildman–Crippen MR) is 68.6 cm³/mol. The standard InChI is InChI=1S/C10H8ClIN2/c1-5-2-9(13)7-3-6(11)4-8(12)10(7)14-5/h2-4H,1H3,(H2,13,14). The summed E-state index contributed by atoms with van der Waals surface area (Å²) in [6, 6.07) is 5.59. The van der Waals surface area contributed by atoms with Crippen LogP contribution in [0.1, 0.15) is 5.69 Å². The maximum absolute atomic E-state index is 5.95. The molecule has 0 amide bonds. The highest BCUT2D eigenvalue weighted by molar-refractivity contribution is 14.1. The largest absolute Gasteiger partial charge is 0.398 e. The van der Waals surface area contributed by atoms with Crippen molar-refractivity contribution in [2.24, 2.45) is 0 Å². The number of nitrogens with two attached hydrogens (primary N) is 1. The van der Waals surface area contributed by atoms with Gasteiger partial charge < -0.3 is 5.73 Å². The van der Waals surface area contributed by atoms with E-state index in [1.807, 2.05) is 25.1 Å². The summed E-state index contributed by atoms with van der Waals surface area (Å²) in [5.41, 5.74) is 8.47. The number of pyridine rings is 1. The van der Waals surface area contributed by atoms with Gasteiger partial charge in [0, 0.05) is 25.4 Å². The Morgan fingerprint density at radius 1 is 1.36 bits per heavy atom. The third-order valence-electron chi connectivity index (χ3n) is 1.99. The Morgan fingerprint density at radius 3 is 2.79 bits per heavy atom. The minimum absolute atomic E-state index is 0.694. The van der Waals surface area contributed by atoms with E-state index >= 15 is 0 Å². The molecule has 2 aromatic rings. The summed E-state index contributed by atoms with van der Waals surface area (Å²) in [4.78, 5) is 4.43. The summed E-state index contributed by atoms with van der Waals surface area (Å²) in [6.45, 7) is 1.93. The fourth-order valence-electron chi connectivity index (χ4n) is 1.41. The van der Waals surface area contributed by atoms with Crippen molar-refractivity contribution in [3.63, 3.8) is 0 Å². The number of nitrogen functional groups attached to an aromatic ring is 1. The molecule has 4 heteroatoms. The molecule has 0 aliphatic rings. The molecule has 0 saturated carbocycles. The van der Waals surface area contributed by atoms with Crippen molar-refractivity contribution in [1.82, 2.24) is 4.98 Å². The van der Waals surface area contributed by atoms with Crippen LogP contribution in [0.2, 0.25) is 5.02 Å². The molecule has 0 aliphatic heterocycles. The lowest BCUT2D eigenvalue weighted by Gasteiger charge is -2.05. The number of anilines is 1. The first-order chi connectivity index (χ1) is 6.58. The van der Waals surface area contributed by atoms with Crippen molar-refractivity contribution in [2.75, 3.05) is 5.73 Å². The Morgan fingerprint density at radius 2 is 2.07 bits per heavy atom. The first kappa shape index (κ1) is 9.98. The molecule has 0 saturated heterocycles. The molecule has 1 heterocycles. The highest BCUT2D eigenvalue weighted by Crippen LogP contribution is 2.28. The number of benzene rings is 1. The van der Waals surface area contributed by atoms with E-state index in [0.29, 0.717) is 5.02 Å². The number of hydrogen-bond donors (Lipinski definition) is 1. The Kier molecular flexibility index (Phi) is 2.53. The lowest BCUT2D eigenvalue weighted by Crippen LogP contribution is -1.93. The zero-order chi connectivity index (χ0) is 10.3. The van der Waals surface area contributed by atoms with E-state index < -0.39 is 0 Å². The molecule has 2 N–H and O–H groups in total. The average molecular weight is 319 g/mol. The molecule has 0 bridgehead atoms. The van der Waals surface area contributed by atoms with Crippen molar-refractivity contribution in [3.8, 4) is 0 Å². The van der Waals surface area contributed by atoms with Gasteiger partial charge in [-0.3, -0.25) is 4.98 Å². The van der Waals surface area contributed by atoms with Crippen molar-refractivity contribution >= 4 is 50.8 Å². The molecule has 14 heavy (non-hydrogen) atoms. The Labute approximate surface area is 101 Å². The predicted octanol–water partition coefficient (Wildman–Crippen LogP) is 3.38. The van der Waals surface area contributed by atoms with Gasteiger partial charge in [0.2, 0.25) is 0 Å². The van der Waals surface area contributed by atoms with Crippen LogP contribution < -0.4 is 5.73 Å². The van der Waals surface area contributed by atoms with E-state index in [9.17, 15) is 0 Å². The normalized spacial score (nSPS) is 10.8. The number of rotatable bonds is 0. The zero-order valence-electron chi connectivity index (χ0n) is 7.51. The fourth-order valence-corrected chi connectivity index (χ4v) is 2.56. The molecular formula is C10H8ClIN2. The van der Waals surface area contributed by atoms with Gasteiger partial charge in [-0.15, -0.1) is 0 Å². The van der Waals surface area contributed by atoms with Crippen molar-refractivity contribution in [3.05, 3.63) is 32.5 Å².